The number of hydrogen-bond acceptors (Lipinski definition) is 5. The molecule has 0 aromatic heterocycles. The lowest BCUT2D eigenvalue weighted by molar-refractivity contribution is -0.147. The molecular weight excluding hydrogens is 198 g/mol. The highest BCUT2D eigenvalue weighted by atomic mass is 16.7. The fourth-order valence-corrected chi connectivity index (χ4v) is 1.32. The topological polar surface area (TPSA) is 56.8 Å². The summed E-state index contributed by atoms with van der Waals surface area (Å²) in [5.41, 5.74) is 0. The van der Waals surface area contributed by atoms with Crippen LogP contribution in [0.4, 0.5) is 0 Å². The van der Waals surface area contributed by atoms with Crippen molar-refractivity contribution in [1.82, 2.24) is 5.32 Å². The van der Waals surface area contributed by atoms with E-state index in [0.717, 1.165) is 13.0 Å². The molecule has 88 valence electrons. The summed E-state index contributed by atoms with van der Waals surface area (Å²) in [5.74, 6) is -0.218. The lowest BCUT2D eigenvalue weighted by Gasteiger charge is -2.24. The molecule has 2 atom stereocenters. The molecule has 0 aliphatic carbocycles. The molecule has 0 aromatic rings. The largest absolute Gasteiger partial charge is 0.465 e. The van der Waals surface area contributed by atoms with Crippen LogP contribution in [0, 0.1) is 0 Å². The second-order valence-electron chi connectivity index (χ2n) is 3.49. The lowest BCUT2D eigenvalue weighted by atomic mass is 10.2. The molecule has 2 unspecified atom stereocenters. The maximum atomic E-state index is 11.3. The van der Waals surface area contributed by atoms with Gasteiger partial charge in [0.05, 0.1) is 19.3 Å². The molecule has 0 spiro atoms. The van der Waals surface area contributed by atoms with Crippen LogP contribution in [0.1, 0.15) is 20.3 Å². The third-order valence-electron chi connectivity index (χ3n) is 2.26. The van der Waals surface area contributed by atoms with E-state index < -0.39 is 0 Å². The second-order valence-corrected chi connectivity index (χ2v) is 3.49. The Balaban J connectivity index is 2.14. The summed E-state index contributed by atoms with van der Waals surface area (Å²) in [5, 5.41) is 3.08. The van der Waals surface area contributed by atoms with Gasteiger partial charge < -0.3 is 19.5 Å². The molecule has 15 heavy (non-hydrogen) atoms. The van der Waals surface area contributed by atoms with Crippen LogP contribution in [0.5, 0.6) is 0 Å². The van der Waals surface area contributed by atoms with Crippen LogP contribution in [0.15, 0.2) is 0 Å². The van der Waals surface area contributed by atoms with Gasteiger partial charge in [0, 0.05) is 6.54 Å². The van der Waals surface area contributed by atoms with Crippen molar-refractivity contribution in [3.05, 3.63) is 0 Å². The van der Waals surface area contributed by atoms with Gasteiger partial charge in [-0.15, -0.1) is 0 Å². The van der Waals surface area contributed by atoms with Crippen LogP contribution < -0.4 is 5.32 Å². The van der Waals surface area contributed by atoms with E-state index in [-0.39, 0.29) is 18.1 Å². The molecule has 1 aliphatic heterocycles. The first kappa shape index (κ1) is 12.4. The first-order valence-electron chi connectivity index (χ1n) is 5.33. The van der Waals surface area contributed by atoms with E-state index in [2.05, 4.69) is 5.32 Å². The average molecular weight is 217 g/mol. The van der Waals surface area contributed by atoms with Crippen LogP contribution in [0.3, 0.4) is 0 Å². The maximum absolute atomic E-state index is 11.3. The minimum atomic E-state index is -0.281. The average Bonchev–Trinajstić information content (AvgIpc) is 2.27. The van der Waals surface area contributed by atoms with Gasteiger partial charge in [-0.1, -0.05) is 0 Å². The van der Waals surface area contributed by atoms with Gasteiger partial charge >= 0.3 is 5.97 Å². The van der Waals surface area contributed by atoms with Gasteiger partial charge in [-0.3, -0.25) is 4.79 Å². The minimum absolute atomic E-state index is 0.135. The van der Waals surface area contributed by atoms with E-state index in [0.29, 0.717) is 19.9 Å². The molecule has 1 saturated heterocycles. The van der Waals surface area contributed by atoms with Gasteiger partial charge in [-0.2, -0.15) is 0 Å². The van der Waals surface area contributed by atoms with Crippen molar-refractivity contribution < 1.29 is 19.0 Å². The third-order valence-corrected chi connectivity index (χ3v) is 2.26. The van der Waals surface area contributed by atoms with Gasteiger partial charge in [0.1, 0.15) is 12.8 Å². The number of hydrogen-bond donors (Lipinski definition) is 1. The standard InChI is InChI=1S/C10H19NO4/c1-3-14-10(12)8(2)11-6-9-4-5-13-7-15-9/h8-9,11H,3-7H2,1-2H3. The molecule has 0 bridgehead atoms. The Morgan fingerprint density at radius 3 is 3.07 bits per heavy atom. The first-order chi connectivity index (χ1) is 7.24. The summed E-state index contributed by atoms with van der Waals surface area (Å²) in [6, 6.07) is -0.281. The normalized spacial score (nSPS) is 23.5. The van der Waals surface area contributed by atoms with E-state index in [9.17, 15) is 4.79 Å². The van der Waals surface area contributed by atoms with Gasteiger partial charge in [-0.05, 0) is 20.3 Å². The summed E-state index contributed by atoms with van der Waals surface area (Å²) in [7, 11) is 0. The molecule has 1 rings (SSSR count). The number of nitrogens with one attached hydrogen (secondary N) is 1. The monoisotopic (exact) mass is 217 g/mol. The predicted octanol–water partition coefficient (Wildman–Crippen LogP) is 0.291. The Bertz CT molecular complexity index is 192. The van der Waals surface area contributed by atoms with Crippen molar-refractivity contribution in [3.8, 4) is 0 Å². The predicted molar refractivity (Wildman–Crippen MR) is 54.4 cm³/mol. The number of carbonyl (C=O) groups is 1. The molecule has 0 amide bonds. The molecule has 0 radical (unpaired) electrons. The molecule has 1 fully saturated rings. The van der Waals surface area contributed by atoms with Crippen molar-refractivity contribution in [2.75, 3.05) is 26.6 Å². The highest BCUT2D eigenvalue weighted by Crippen LogP contribution is 2.04. The van der Waals surface area contributed by atoms with Crippen LogP contribution in [0.25, 0.3) is 0 Å². The third kappa shape index (κ3) is 4.59. The van der Waals surface area contributed by atoms with Gasteiger partial charge in [0.15, 0.2) is 0 Å². The molecule has 5 nitrogen and oxygen atoms in total. The summed E-state index contributed by atoms with van der Waals surface area (Å²) >= 11 is 0. The van der Waals surface area contributed by atoms with E-state index >= 15 is 0 Å². The maximum Gasteiger partial charge on any atom is 0.322 e. The van der Waals surface area contributed by atoms with E-state index in [1.165, 1.54) is 0 Å². The minimum Gasteiger partial charge on any atom is -0.465 e. The molecule has 0 saturated carbocycles. The van der Waals surface area contributed by atoms with Crippen LogP contribution in [0.2, 0.25) is 0 Å². The number of esters is 1. The number of ether oxygens (including phenoxy) is 3. The Hall–Kier alpha value is -0.650. The zero-order chi connectivity index (χ0) is 11.1. The quantitative estimate of drug-likeness (QED) is 0.671. The Kier molecular flexibility index (Phi) is 5.60. The van der Waals surface area contributed by atoms with Crippen molar-refractivity contribution >= 4 is 5.97 Å². The molecule has 1 aliphatic rings. The van der Waals surface area contributed by atoms with Crippen molar-refractivity contribution in [3.63, 3.8) is 0 Å². The summed E-state index contributed by atoms with van der Waals surface area (Å²) in [6.45, 7) is 5.73. The van der Waals surface area contributed by atoms with E-state index in [1.807, 2.05) is 0 Å². The van der Waals surface area contributed by atoms with Crippen molar-refractivity contribution in [1.29, 1.82) is 0 Å². The SMILES string of the molecule is CCOC(=O)C(C)NCC1CCOCO1. The second kappa shape index (κ2) is 6.76. The van der Waals surface area contributed by atoms with Crippen LogP contribution in [-0.2, 0) is 19.0 Å². The van der Waals surface area contributed by atoms with Crippen LogP contribution >= 0.6 is 0 Å². The van der Waals surface area contributed by atoms with Gasteiger partial charge in [0.2, 0.25) is 0 Å². The van der Waals surface area contributed by atoms with E-state index in [1.54, 1.807) is 13.8 Å². The number of rotatable bonds is 5. The van der Waals surface area contributed by atoms with Gasteiger partial charge in [0.25, 0.3) is 0 Å². The molecule has 5 heteroatoms. The zero-order valence-corrected chi connectivity index (χ0v) is 9.32. The molecule has 0 aromatic carbocycles. The Morgan fingerprint density at radius 1 is 1.67 bits per heavy atom. The molecule has 1 heterocycles. The van der Waals surface area contributed by atoms with Crippen molar-refractivity contribution in [2.24, 2.45) is 0 Å². The number of carbonyl (C=O) groups excluding carboxylic acids is 1. The fraction of sp³-hybridized carbons (Fsp3) is 0.900. The molecular formula is C10H19NO4. The zero-order valence-electron chi connectivity index (χ0n) is 9.32. The van der Waals surface area contributed by atoms with Gasteiger partial charge in [-0.25, -0.2) is 0 Å². The summed E-state index contributed by atoms with van der Waals surface area (Å²) in [6.07, 6.45) is 0.998. The lowest BCUT2D eigenvalue weighted by Crippen LogP contribution is -2.42. The Labute approximate surface area is 90.1 Å². The fourth-order valence-electron chi connectivity index (χ4n) is 1.32. The van der Waals surface area contributed by atoms with E-state index in [4.69, 9.17) is 14.2 Å². The van der Waals surface area contributed by atoms with Crippen LogP contribution in [-0.4, -0.2) is 44.7 Å². The summed E-state index contributed by atoms with van der Waals surface area (Å²) < 4.78 is 15.3. The Morgan fingerprint density at radius 2 is 2.47 bits per heavy atom. The van der Waals surface area contributed by atoms with Crippen molar-refractivity contribution in [2.45, 2.75) is 32.4 Å². The summed E-state index contributed by atoms with van der Waals surface area (Å²) in [4.78, 5) is 11.3. The smallest absolute Gasteiger partial charge is 0.322 e. The highest BCUT2D eigenvalue weighted by molar-refractivity contribution is 5.75. The first-order valence-corrected chi connectivity index (χ1v) is 5.33. The highest BCUT2D eigenvalue weighted by Gasteiger charge is 2.18. The molecule has 1 N–H and O–H groups in total.